The molecule has 0 aromatic heterocycles. The van der Waals surface area contributed by atoms with Crippen LogP contribution in [0.1, 0.15) is 44.7 Å². The molecule has 2 aliphatic rings. The van der Waals surface area contributed by atoms with Crippen molar-refractivity contribution < 1.29 is 14.4 Å². The van der Waals surface area contributed by atoms with Crippen LogP contribution in [0.4, 0.5) is 4.79 Å². The summed E-state index contributed by atoms with van der Waals surface area (Å²) in [6.45, 7) is 3.58. The number of hydrogen-bond donors (Lipinski definition) is 2. The first kappa shape index (κ1) is 19.0. The van der Waals surface area contributed by atoms with Gasteiger partial charge in [0.05, 0.1) is 6.04 Å². The number of nitrogens with one attached hydrogen (secondary N) is 2. The predicted molar refractivity (Wildman–Crippen MR) is 101 cm³/mol. The predicted octanol–water partition coefficient (Wildman–Crippen LogP) is 3.10. The van der Waals surface area contributed by atoms with Gasteiger partial charge in [0.25, 0.3) is 5.91 Å². The minimum atomic E-state index is -0.873. The molecule has 2 heterocycles. The normalized spacial score (nSPS) is 21.3. The van der Waals surface area contributed by atoms with Gasteiger partial charge in [0.1, 0.15) is 5.54 Å². The number of benzene rings is 1. The van der Waals surface area contributed by atoms with Gasteiger partial charge < -0.3 is 10.6 Å². The van der Waals surface area contributed by atoms with E-state index in [1.807, 2.05) is 18.2 Å². The van der Waals surface area contributed by atoms with Crippen LogP contribution < -0.4 is 10.6 Å². The van der Waals surface area contributed by atoms with Gasteiger partial charge in [-0.2, -0.15) is 0 Å². The van der Waals surface area contributed by atoms with Gasteiger partial charge in [-0.15, -0.1) is 11.8 Å². The maximum absolute atomic E-state index is 12.3. The van der Waals surface area contributed by atoms with Crippen LogP contribution >= 0.6 is 23.4 Å². The van der Waals surface area contributed by atoms with E-state index >= 15 is 0 Å². The number of halogens is 1. The molecule has 26 heavy (non-hydrogen) atoms. The van der Waals surface area contributed by atoms with Crippen molar-refractivity contribution in [2.45, 2.75) is 49.6 Å². The summed E-state index contributed by atoms with van der Waals surface area (Å²) in [5.41, 5.74) is 0.181. The maximum Gasteiger partial charge on any atom is 0.325 e. The van der Waals surface area contributed by atoms with E-state index in [0.717, 1.165) is 22.6 Å². The van der Waals surface area contributed by atoms with Crippen molar-refractivity contribution >= 4 is 41.2 Å². The first-order valence-electron chi connectivity index (χ1n) is 8.63. The van der Waals surface area contributed by atoms with E-state index in [-0.39, 0.29) is 30.8 Å². The highest BCUT2D eigenvalue weighted by Crippen LogP contribution is 2.37. The molecule has 0 saturated carbocycles. The van der Waals surface area contributed by atoms with Gasteiger partial charge in [0, 0.05) is 28.6 Å². The zero-order valence-electron chi connectivity index (χ0n) is 14.8. The number of rotatable bonds is 5. The van der Waals surface area contributed by atoms with Gasteiger partial charge in [-0.05, 0) is 50.5 Å². The lowest BCUT2D eigenvalue weighted by molar-refractivity contribution is -0.130. The smallest absolute Gasteiger partial charge is 0.325 e. The van der Waals surface area contributed by atoms with Gasteiger partial charge in [0.15, 0.2) is 0 Å². The van der Waals surface area contributed by atoms with Gasteiger partial charge in [0.2, 0.25) is 5.91 Å². The molecule has 2 aliphatic heterocycles. The van der Waals surface area contributed by atoms with E-state index in [9.17, 15) is 14.4 Å². The average Bonchev–Trinajstić information content (AvgIpc) is 2.77. The first-order chi connectivity index (χ1) is 12.3. The molecule has 0 spiro atoms. The number of carbonyl (C=O) groups is 3. The molecule has 1 unspecified atom stereocenters. The molecule has 0 aliphatic carbocycles. The molecule has 1 aromatic rings. The Bertz CT molecular complexity index is 753. The van der Waals surface area contributed by atoms with E-state index in [1.54, 1.807) is 25.6 Å². The van der Waals surface area contributed by atoms with E-state index in [2.05, 4.69) is 10.6 Å². The van der Waals surface area contributed by atoms with Crippen molar-refractivity contribution in [2.75, 3.05) is 12.3 Å². The minimum Gasteiger partial charge on any atom is -0.349 e. The maximum atomic E-state index is 12.3. The van der Waals surface area contributed by atoms with Crippen LogP contribution in [0, 0.1) is 0 Å². The molecule has 1 aromatic carbocycles. The van der Waals surface area contributed by atoms with E-state index in [1.165, 1.54) is 4.90 Å². The summed E-state index contributed by atoms with van der Waals surface area (Å²) >= 11 is 7.85. The summed E-state index contributed by atoms with van der Waals surface area (Å²) in [6, 6.07) is 5.31. The number of thioether (sulfide) groups is 1. The number of nitrogens with zero attached hydrogens (tertiary/aromatic N) is 1. The molecule has 0 radical (unpaired) electrons. The van der Waals surface area contributed by atoms with Gasteiger partial charge in [-0.25, -0.2) is 4.79 Å². The van der Waals surface area contributed by atoms with Gasteiger partial charge in [-0.1, -0.05) is 11.6 Å². The third-order valence-corrected chi connectivity index (χ3v) is 5.93. The molecule has 140 valence electrons. The van der Waals surface area contributed by atoms with Crippen LogP contribution in [0.3, 0.4) is 0 Å². The number of fused-ring (bicyclic) bond motifs is 1. The molecule has 1 saturated heterocycles. The molecule has 3 rings (SSSR count). The Morgan fingerprint density at radius 2 is 2.19 bits per heavy atom. The van der Waals surface area contributed by atoms with Gasteiger partial charge in [-0.3, -0.25) is 14.5 Å². The first-order valence-corrected chi connectivity index (χ1v) is 10.00. The summed E-state index contributed by atoms with van der Waals surface area (Å²) in [7, 11) is 0. The van der Waals surface area contributed by atoms with Crippen molar-refractivity contribution in [2.24, 2.45) is 0 Å². The minimum absolute atomic E-state index is 0.0481. The Labute approximate surface area is 162 Å². The standard InChI is InChI=1S/C18H22ClN3O3S/c1-18(2)16(24)22(17(25)21-18)8-3-4-15(23)20-13-7-9-26-14-6-5-11(19)10-12(13)14/h5-6,10,13H,3-4,7-9H2,1-2H3,(H,20,23)(H,21,25). The third kappa shape index (κ3) is 3.99. The quantitative estimate of drug-likeness (QED) is 0.751. The highest BCUT2D eigenvalue weighted by molar-refractivity contribution is 7.99. The molecular formula is C18H22ClN3O3S. The highest BCUT2D eigenvalue weighted by Gasteiger charge is 2.43. The Kier molecular flexibility index (Phi) is 5.48. The third-order valence-electron chi connectivity index (χ3n) is 4.58. The summed E-state index contributed by atoms with van der Waals surface area (Å²) in [5, 5.41) is 6.35. The van der Waals surface area contributed by atoms with E-state index in [4.69, 9.17) is 11.6 Å². The molecule has 0 bridgehead atoms. The fourth-order valence-electron chi connectivity index (χ4n) is 3.20. The Morgan fingerprint density at radius 1 is 1.42 bits per heavy atom. The topological polar surface area (TPSA) is 78.5 Å². The highest BCUT2D eigenvalue weighted by atomic mass is 35.5. The Hall–Kier alpha value is -1.73. The van der Waals surface area contributed by atoms with Crippen molar-refractivity contribution in [3.05, 3.63) is 28.8 Å². The number of imide groups is 1. The average molecular weight is 396 g/mol. The number of amides is 4. The van der Waals surface area contributed by atoms with Crippen molar-refractivity contribution in [1.82, 2.24) is 15.5 Å². The molecule has 6 nitrogen and oxygen atoms in total. The van der Waals surface area contributed by atoms with Crippen LogP contribution in [0.25, 0.3) is 0 Å². The SMILES string of the molecule is CC1(C)NC(=O)N(CCCC(=O)NC2CCSc3ccc(Cl)cc32)C1=O. The molecule has 2 N–H and O–H groups in total. The van der Waals surface area contributed by atoms with Gasteiger partial charge >= 0.3 is 6.03 Å². The molecule has 1 atom stereocenters. The van der Waals surface area contributed by atoms with Crippen LogP contribution in [-0.2, 0) is 9.59 Å². The molecule has 8 heteroatoms. The lowest BCUT2D eigenvalue weighted by Gasteiger charge is -2.26. The monoisotopic (exact) mass is 395 g/mol. The van der Waals surface area contributed by atoms with E-state index < -0.39 is 11.6 Å². The second kappa shape index (κ2) is 7.48. The van der Waals surface area contributed by atoms with E-state index in [0.29, 0.717) is 11.4 Å². The van der Waals surface area contributed by atoms with Crippen molar-refractivity contribution in [3.63, 3.8) is 0 Å². The molecule has 4 amide bonds. The molecule has 1 fully saturated rings. The van der Waals surface area contributed by atoms with Crippen LogP contribution in [-0.4, -0.2) is 40.6 Å². The van der Waals surface area contributed by atoms with Crippen molar-refractivity contribution in [1.29, 1.82) is 0 Å². The largest absolute Gasteiger partial charge is 0.349 e. The number of hydrogen-bond acceptors (Lipinski definition) is 4. The summed E-state index contributed by atoms with van der Waals surface area (Å²) in [4.78, 5) is 38.6. The Morgan fingerprint density at radius 3 is 2.88 bits per heavy atom. The summed E-state index contributed by atoms with van der Waals surface area (Å²) in [5.74, 6) is 0.604. The summed E-state index contributed by atoms with van der Waals surface area (Å²) < 4.78 is 0. The van der Waals surface area contributed by atoms with Crippen LogP contribution in [0.5, 0.6) is 0 Å². The number of urea groups is 1. The zero-order chi connectivity index (χ0) is 18.9. The van der Waals surface area contributed by atoms with Crippen LogP contribution in [0.15, 0.2) is 23.1 Å². The lowest BCUT2D eigenvalue weighted by Crippen LogP contribution is -2.40. The second-order valence-corrected chi connectivity index (χ2v) is 8.63. The number of carbonyl (C=O) groups excluding carboxylic acids is 3. The zero-order valence-corrected chi connectivity index (χ0v) is 16.4. The molecular weight excluding hydrogens is 374 g/mol. The van der Waals surface area contributed by atoms with Crippen molar-refractivity contribution in [3.8, 4) is 0 Å². The lowest BCUT2D eigenvalue weighted by atomic mass is 10.0. The Balaban J connectivity index is 1.52. The summed E-state index contributed by atoms with van der Waals surface area (Å²) in [6.07, 6.45) is 1.55. The fourth-order valence-corrected chi connectivity index (χ4v) is 4.49. The van der Waals surface area contributed by atoms with Crippen LogP contribution in [0.2, 0.25) is 5.02 Å². The second-order valence-electron chi connectivity index (χ2n) is 7.05. The fraction of sp³-hybridized carbons (Fsp3) is 0.500.